The summed E-state index contributed by atoms with van der Waals surface area (Å²) in [6.45, 7) is 3.87. The molecule has 0 aliphatic rings. The summed E-state index contributed by atoms with van der Waals surface area (Å²) in [6.07, 6.45) is 2.38. The fourth-order valence-electron chi connectivity index (χ4n) is 1.84. The Labute approximate surface area is 128 Å². The van der Waals surface area contributed by atoms with Gasteiger partial charge in [-0.2, -0.15) is 4.98 Å². The fourth-order valence-corrected chi connectivity index (χ4v) is 1.97. The Morgan fingerprint density at radius 1 is 1.38 bits per heavy atom. The van der Waals surface area contributed by atoms with Crippen molar-refractivity contribution >= 4 is 17.5 Å². The highest BCUT2D eigenvalue weighted by atomic mass is 35.5. The number of aromatic nitrogens is 2. The number of nitrogens with zero attached hydrogens (tertiary/aromatic N) is 2. The average molecular weight is 308 g/mol. The first-order valence-electron chi connectivity index (χ1n) is 6.99. The summed E-state index contributed by atoms with van der Waals surface area (Å²) in [5, 5.41) is 7.43. The Balaban J connectivity index is 2.02. The van der Waals surface area contributed by atoms with Crippen molar-refractivity contribution in [3.8, 4) is 11.4 Å². The highest BCUT2D eigenvalue weighted by Gasteiger charge is 2.17. The minimum Gasteiger partial charge on any atom is -0.345 e. The second-order valence-corrected chi connectivity index (χ2v) is 5.29. The van der Waals surface area contributed by atoms with E-state index in [9.17, 15) is 4.79 Å². The molecule has 1 atom stereocenters. The van der Waals surface area contributed by atoms with Gasteiger partial charge >= 0.3 is 0 Å². The zero-order chi connectivity index (χ0) is 15.2. The van der Waals surface area contributed by atoms with Gasteiger partial charge in [0.2, 0.25) is 17.6 Å². The molecule has 1 aromatic heterocycles. The number of amides is 1. The highest BCUT2D eigenvalue weighted by Crippen LogP contribution is 2.20. The van der Waals surface area contributed by atoms with Crippen LogP contribution in [0.1, 0.15) is 45.0 Å². The maximum atomic E-state index is 11.7. The van der Waals surface area contributed by atoms with E-state index in [-0.39, 0.29) is 11.9 Å². The number of hydrogen-bond donors (Lipinski definition) is 1. The molecule has 1 heterocycles. The van der Waals surface area contributed by atoms with Crippen LogP contribution in [0, 0.1) is 0 Å². The van der Waals surface area contributed by atoms with Crippen molar-refractivity contribution in [2.24, 2.45) is 0 Å². The quantitative estimate of drug-likeness (QED) is 0.882. The van der Waals surface area contributed by atoms with Gasteiger partial charge in [0.05, 0.1) is 0 Å². The van der Waals surface area contributed by atoms with Gasteiger partial charge in [0.1, 0.15) is 6.04 Å². The highest BCUT2D eigenvalue weighted by molar-refractivity contribution is 6.30. The summed E-state index contributed by atoms with van der Waals surface area (Å²) < 4.78 is 5.21. The van der Waals surface area contributed by atoms with Crippen LogP contribution in [0.15, 0.2) is 28.8 Å². The van der Waals surface area contributed by atoms with E-state index in [0.717, 1.165) is 18.4 Å². The molecule has 0 unspecified atom stereocenters. The summed E-state index contributed by atoms with van der Waals surface area (Å²) in [5.41, 5.74) is 0.818. The lowest BCUT2D eigenvalue weighted by molar-refractivity contribution is -0.122. The molecular formula is C15H18ClN3O2. The van der Waals surface area contributed by atoms with Gasteiger partial charge in [-0.15, -0.1) is 0 Å². The van der Waals surface area contributed by atoms with Crippen LogP contribution >= 0.6 is 11.6 Å². The number of hydrogen-bond acceptors (Lipinski definition) is 4. The Morgan fingerprint density at radius 2 is 2.10 bits per heavy atom. The van der Waals surface area contributed by atoms with Crippen LogP contribution in [-0.4, -0.2) is 16.0 Å². The van der Waals surface area contributed by atoms with E-state index < -0.39 is 0 Å². The monoisotopic (exact) mass is 307 g/mol. The number of unbranched alkanes of at least 4 members (excludes halogenated alkanes) is 1. The van der Waals surface area contributed by atoms with Crippen molar-refractivity contribution < 1.29 is 9.32 Å². The smallest absolute Gasteiger partial charge is 0.249 e. The predicted molar refractivity (Wildman–Crippen MR) is 80.8 cm³/mol. The zero-order valence-corrected chi connectivity index (χ0v) is 12.9. The van der Waals surface area contributed by atoms with Gasteiger partial charge in [0.25, 0.3) is 0 Å². The molecule has 0 spiro atoms. The molecule has 0 radical (unpaired) electrons. The van der Waals surface area contributed by atoms with E-state index in [2.05, 4.69) is 15.5 Å². The van der Waals surface area contributed by atoms with Gasteiger partial charge < -0.3 is 9.84 Å². The molecule has 0 fully saturated rings. The zero-order valence-electron chi connectivity index (χ0n) is 12.1. The molecule has 0 saturated carbocycles. The summed E-state index contributed by atoms with van der Waals surface area (Å²) in [4.78, 5) is 16.0. The van der Waals surface area contributed by atoms with Gasteiger partial charge in [-0.25, -0.2) is 0 Å². The van der Waals surface area contributed by atoms with Crippen molar-refractivity contribution in [1.82, 2.24) is 15.5 Å². The second-order valence-electron chi connectivity index (χ2n) is 4.86. The van der Waals surface area contributed by atoms with E-state index in [1.807, 2.05) is 26.0 Å². The molecular weight excluding hydrogens is 290 g/mol. The van der Waals surface area contributed by atoms with Crippen LogP contribution < -0.4 is 5.32 Å². The number of carbonyl (C=O) groups excluding carboxylic acids is 1. The molecule has 2 aromatic rings. The molecule has 0 bridgehead atoms. The minimum atomic E-state index is -0.303. The maximum Gasteiger partial charge on any atom is 0.249 e. The van der Waals surface area contributed by atoms with Crippen LogP contribution in [0.3, 0.4) is 0 Å². The molecule has 6 heteroatoms. The van der Waals surface area contributed by atoms with Gasteiger partial charge in [0, 0.05) is 17.0 Å². The largest absolute Gasteiger partial charge is 0.345 e. The Bertz CT molecular complexity index is 595. The van der Waals surface area contributed by atoms with Crippen LogP contribution in [-0.2, 0) is 4.79 Å². The Morgan fingerprint density at radius 3 is 2.76 bits per heavy atom. The summed E-state index contributed by atoms with van der Waals surface area (Å²) in [7, 11) is 0. The third-order valence-electron chi connectivity index (χ3n) is 3.05. The van der Waals surface area contributed by atoms with Crippen LogP contribution in [0.4, 0.5) is 0 Å². The third kappa shape index (κ3) is 4.29. The van der Waals surface area contributed by atoms with Crippen molar-refractivity contribution in [3.05, 3.63) is 35.2 Å². The van der Waals surface area contributed by atoms with Gasteiger partial charge in [-0.3, -0.25) is 4.79 Å². The molecule has 1 amide bonds. The van der Waals surface area contributed by atoms with Crippen molar-refractivity contribution in [2.45, 2.75) is 39.2 Å². The molecule has 2 rings (SSSR count). The molecule has 0 saturated heterocycles. The van der Waals surface area contributed by atoms with E-state index in [0.29, 0.717) is 23.2 Å². The van der Waals surface area contributed by atoms with Crippen LogP contribution in [0.5, 0.6) is 0 Å². The molecule has 0 aliphatic carbocycles. The Hall–Kier alpha value is -1.88. The summed E-state index contributed by atoms with van der Waals surface area (Å²) >= 11 is 5.84. The summed E-state index contributed by atoms with van der Waals surface area (Å²) in [6, 6.07) is 6.87. The molecule has 1 aromatic carbocycles. The Kier molecular flexibility index (Phi) is 5.33. The lowest BCUT2D eigenvalue weighted by atomic mass is 10.2. The van der Waals surface area contributed by atoms with E-state index >= 15 is 0 Å². The summed E-state index contributed by atoms with van der Waals surface area (Å²) in [5.74, 6) is 0.872. The lowest BCUT2D eigenvalue weighted by Gasteiger charge is -2.08. The van der Waals surface area contributed by atoms with E-state index in [1.54, 1.807) is 12.1 Å². The molecule has 5 nitrogen and oxygen atoms in total. The van der Waals surface area contributed by atoms with Crippen molar-refractivity contribution in [2.75, 3.05) is 0 Å². The van der Waals surface area contributed by atoms with Gasteiger partial charge in [0.15, 0.2) is 0 Å². The van der Waals surface area contributed by atoms with Crippen molar-refractivity contribution in [1.29, 1.82) is 0 Å². The number of carbonyl (C=O) groups is 1. The number of nitrogens with one attached hydrogen (secondary N) is 1. The number of benzene rings is 1. The SMILES string of the molecule is CCCCC(=O)N[C@@H](C)c1nc(-c2ccc(Cl)cc2)no1. The topological polar surface area (TPSA) is 68.0 Å². The maximum absolute atomic E-state index is 11.7. The molecule has 112 valence electrons. The predicted octanol–water partition coefficient (Wildman–Crippen LogP) is 3.76. The van der Waals surface area contributed by atoms with Gasteiger partial charge in [-0.05, 0) is 37.6 Å². The first-order chi connectivity index (χ1) is 10.1. The molecule has 21 heavy (non-hydrogen) atoms. The average Bonchev–Trinajstić information content (AvgIpc) is 2.96. The van der Waals surface area contributed by atoms with Crippen molar-refractivity contribution in [3.63, 3.8) is 0 Å². The number of rotatable bonds is 6. The third-order valence-corrected chi connectivity index (χ3v) is 3.30. The standard InChI is InChI=1S/C15H18ClN3O2/c1-3-4-5-13(20)17-10(2)15-18-14(19-21-15)11-6-8-12(16)9-7-11/h6-10H,3-5H2,1-2H3,(H,17,20)/t10-/m0/s1. The van der Waals surface area contributed by atoms with Crippen LogP contribution in [0.25, 0.3) is 11.4 Å². The van der Waals surface area contributed by atoms with Gasteiger partial charge in [-0.1, -0.05) is 30.1 Å². The number of halogens is 1. The first kappa shape index (κ1) is 15.5. The van der Waals surface area contributed by atoms with Crippen LogP contribution in [0.2, 0.25) is 5.02 Å². The lowest BCUT2D eigenvalue weighted by Crippen LogP contribution is -2.26. The minimum absolute atomic E-state index is 0.00408. The fraction of sp³-hybridized carbons (Fsp3) is 0.400. The first-order valence-corrected chi connectivity index (χ1v) is 7.37. The van der Waals surface area contributed by atoms with E-state index in [4.69, 9.17) is 16.1 Å². The van der Waals surface area contributed by atoms with E-state index in [1.165, 1.54) is 0 Å². The molecule has 1 N–H and O–H groups in total. The molecule has 0 aliphatic heterocycles. The second kappa shape index (κ2) is 7.22. The normalized spacial score (nSPS) is 12.1.